The summed E-state index contributed by atoms with van der Waals surface area (Å²) in [6.45, 7) is 7.01. The van der Waals surface area contributed by atoms with Gasteiger partial charge in [-0.2, -0.15) is 0 Å². The van der Waals surface area contributed by atoms with Crippen LogP contribution in [0.15, 0.2) is 41.8 Å². The van der Waals surface area contributed by atoms with Crippen molar-refractivity contribution in [2.45, 2.75) is 39.8 Å². The van der Waals surface area contributed by atoms with Crippen molar-refractivity contribution in [3.05, 3.63) is 57.9 Å². The van der Waals surface area contributed by atoms with Crippen LogP contribution in [-0.2, 0) is 9.53 Å². The van der Waals surface area contributed by atoms with Gasteiger partial charge in [-0.1, -0.05) is 38.1 Å². The number of aryl methyl sites for hydroxylation is 1. The van der Waals surface area contributed by atoms with E-state index in [9.17, 15) is 14.4 Å². The molecule has 0 saturated heterocycles. The highest BCUT2D eigenvalue weighted by molar-refractivity contribution is 7.12. The van der Waals surface area contributed by atoms with E-state index in [0.717, 1.165) is 16.6 Å². The molecule has 0 aliphatic heterocycles. The number of hydrogen-bond acceptors (Lipinski definition) is 5. The number of ketones is 1. The predicted molar refractivity (Wildman–Crippen MR) is 113 cm³/mol. The maximum atomic E-state index is 13.0. The summed E-state index contributed by atoms with van der Waals surface area (Å²) in [6, 6.07) is 10.1. The second-order valence-corrected chi connectivity index (χ2v) is 8.23. The second-order valence-electron chi connectivity index (χ2n) is 7.29. The maximum absolute atomic E-state index is 13.0. The smallest absolute Gasteiger partial charge is 0.329 e. The average Bonchev–Trinajstić information content (AvgIpc) is 3.32. The number of hydrogen-bond donors (Lipinski definition) is 2. The number of thiophene rings is 1. The SMILES string of the molecule is Cc1[nH]c2ccccc2c1C(=O)[C@@H](C)OC(=O)[C@H](NC(=O)c1cccs1)C(C)C. The molecule has 2 heterocycles. The minimum Gasteiger partial charge on any atom is -0.453 e. The molecule has 6 nitrogen and oxygen atoms in total. The average molecular weight is 413 g/mol. The number of H-pyrrole nitrogens is 1. The number of rotatable bonds is 7. The number of Topliss-reactive ketones (excluding diaryl/α,β-unsaturated/α-hetero) is 1. The van der Waals surface area contributed by atoms with Gasteiger partial charge in [0.2, 0.25) is 5.78 Å². The van der Waals surface area contributed by atoms with Crippen molar-refractivity contribution in [3.8, 4) is 0 Å². The van der Waals surface area contributed by atoms with E-state index in [1.807, 2.05) is 45.0 Å². The molecule has 3 aromatic rings. The van der Waals surface area contributed by atoms with Gasteiger partial charge in [-0.3, -0.25) is 9.59 Å². The molecule has 0 spiro atoms. The fourth-order valence-electron chi connectivity index (χ4n) is 3.22. The van der Waals surface area contributed by atoms with E-state index < -0.39 is 18.1 Å². The zero-order valence-electron chi connectivity index (χ0n) is 16.8. The first-order chi connectivity index (χ1) is 13.8. The topological polar surface area (TPSA) is 88.3 Å². The van der Waals surface area contributed by atoms with Crippen LogP contribution in [0.3, 0.4) is 0 Å². The van der Waals surface area contributed by atoms with Crippen LogP contribution < -0.4 is 5.32 Å². The van der Waals surface area contributed by atoms with E-state index in [1.165, 1.54) is 11.3 Å². The van der Waals surface area contributed by atoms with Gasteiger partial charge in [0.1, 0.15) is 6.04 Å². The summed E-state index contributed by atoms with van der Waals surface area (Å²) in [5.74, 6) is -1.42. The molecule has 0 bridgehead atoms. The van der Waals surface area contributed by atoms with Crippen LogP contribution >= 0.6 is 11.3 Å². The second kappa shape index (κ2) is 8.61. The van der Waals surface area contributed by atoms with E-state index >= 15 is 0 Å². The number of benzene rings is 1. The molecule has 2 aromatic heterocycles. The summed E-state index contributed by atoms with van der Waals surface area (Å²) in [6.07, 6.45) is -0.972. The Morgan fingerprint density at radius 1 is 1.07 bits per heavy atom. The van der Waals surface area contributed by atoms with Crippen LogP contribution in [0.25, 0.3) is 10.9 Å². The van der Waals surface area contributed by atoms with Gasteiger partial charge in [0.05, 0.1) is 4.88 Å². The number of carbonyl (C=O) groups is 3. The normalized spacial score (nSPS) is 13.3. The van der Waals surface area contributed by atoms with Crippen LogP contribution in [0.4, 0.5) is 0 Å². The molecule has 2 atom stereocenters. The molecule has 1 aromatic carbocycles. The Bertz CT molecular complexity index is 1040. The quantitative estimate of drug-likeness (QED) is 0.452. The van der Waals surface area contributed by atoms with Gasteiger partial charge in [-0.25, -0.2) is 4.79 Å². The Kier molecular flexibility index (Phi) is 6.17. The Morgan fingerprint density at radius 2 is 1.79 bits per heavy atom. The maximum Gasteiger partial charge on any atom is 0.329 e. The van der Waals surface area contributed by atoms with Gasteiger partial charge in [-0.05, 0) is 37.3 Å². The van der Waals surface area contributed by atoms with Crippen LogP contribution in [0.5, 0.6) is 0 Å². The monoisotopic (exact) mass is 412 g/mol. The molecule has 0 aliphatic carbocycles. The Balaban J connectivity index is 1.74. The number of ether oxygens (including phenoxy) is 1. The lowest BCUT2D eigenvalue weighted by molar-refractivity contribution is -0.149. The van der Waals surface area contributed by atoms with Crippen molar-refractivity contribution in [3.63, 3.8) is 0 Å². The van der Waals surface area contributed by atoms with E-state index in [4.69, 9.17) is 4.74 Å². The highest BCUT2D eigenvalue weighted by atomic mass is 32.1. The molecule has 7 heteroatoms. The van der Waals surface area contributed by atoms with Gasteiger partial charge in [0.15, 0.2) is 6.10 Å². The molecule has 0 unspecified atom stereocenters. The van der Waals surface area contributed by atoms with Crippen molar-refractivity contribution in [1.82, 2.24) is 10.3 Å². The molecular formula is C22H24N2O4S. The number of aromatic amines is 1. The molecule has 2 N–H and O–H groups in total. The molecule has 152 valence electrons. The van der Waals surface area contributed by atoms with Gasteiger partial charge in [0, 0.05) is 22.2 Å². The third-order valence-corrected chi connectivity index (χ3v) is 5.62. The minimum absolute atomic E-state index is 0.191. The zero-order valence-corrected chi connectivity index (χ0v) is 17.6. The molecule has 0 aliphatic rings. The fraction of sp³-hybridized carbons (Fsp3) is 0.318. The molecule has 0 radical (unpaired) electrons. The van der Waals surface area contributed by atoms with Crippen LogP contribution in [0.2, 0.25) is 0 Å². The fourth-order valence-corrected chi connectivity index (χ4v) is 3.84. The van der Waals surface area contributed by atoms with Crippen molar-refractivity contribution in [2.24, 2.45) is 5.92 Å². The Morgan fingerprint density at radius 3 is 2.45 bits per heavy atom. The third-order valence-electron chi connectivity index (χ3n) is 4.75. The largest absolute Gasteiger partial charge is 0.453 e. The number of amides is 1. The minimum atomic E-state index is -0.972. The molecular weight excluding hydrogens is 388 g/mol. The highest BCUT2D eigenvalue weighted by Gasteiger charge is 2.31. The lowest BCUT2D eigenvalue weighted by atomic mass is 10.0. The Labute approximate surface area is 173 Å². The van der Waals surface area contributed by atoms with Crippen LogP contribution in [-0.4, -0.2) is 34.8 Å². The summed E-state index contributed by atoms with van der Waals surface area (Å²) < 4.78 is 5.47. The predicted octanol–water partition coefficient (Wildman–Crippen LogP) is 4.11. The summed E-state index contributed by atoms with van der Waals surface area (Å²) in [7, 11) is 0. The summed E-state index contributed by atoms with van der Waals surface area (Å²) in [4.78, 5) is 41.8. The molecule has 0 fully saturated rings. The van der Waals surface area contributed by atoms with E-state index in [0.29, 0.717) is 10.4 Å². The molecule has 1 amide bonds. The zero-order chi connectivity index (χ0) is 21.1. The number of carbonyl (C=O) groups excluding carboxylic acids is 3. The number of fused-ring (bicyclic) bond motifs is 1. The van der Waals surface area contributed by atoms with Crippen LogP contribution in [0.1, 0.15) is 46.5 Å². The highest BCUT2D eigenvalue weighted by Crippen LogP contribution is 2.24. The van der Waals surface area contributed by atoms with Gasteiger partial charge in [-0.15, -0.1) is 11.3 Å². The standard InChI is InChI=1S/C22H24N2O4S/c1-12(2)19(24-21(26)17-10-7-11-29-17)22(27)28-14(4)20(25)18-13(3)23-16-9-6-5-8-15(16)18/h5-12,14,19,23H,1-4H3,(H,24,26)/t14-,19-/m1/s1. The van der Waals surface area contributed by atoms with E-state index in [2.05, 4.69) is 10.3 Å². The first-order valence-electron chi connectivity index (χ1n) is 9.46. The molecule has 3 rings (SSSR count). The first-order valence-corrected chi connectivity index (χ1v) is 10.3. The van der Waals surface area contributed by atoms with Gasteiger partial charge in [0.25, 0.3) is 5.91 Å². The van der Waals surface area contributed by atoms with Crippen LogP contribution in [0, 0.1) is 12.8 Å². The van der Waals surface area contributed by atoms with E-state index in [1.54, 1.807) is 24.4 Å². The Hall–Kier alpha value is -2.93. The van der Waals surface area contributed by atoms with E-state index in [-0.39, 0.29) is 17.6 Å². The number of nitrogens with one attached hydrogen (secondary N) is 2. The first kappa shape index (κ1) is 20.8. The lowest BCUT2D eigenvalue weighted by Gasteiger charge is -2.22. The summed E-state index contributed by atoms with van der Waals surface area (Å²) in [5.41, 5.74) is 2.10. The molecule has 29 heavy (non-hydrogen) atoms. The number of aromatic nitrogens is 1. The summed E-state index contributed by atoms with van der Waals surface area (Å²) in [5, 5.41) is 5.31. The van der Waals surface area contributed by atoms with Crippen molar-refractivity contribution in [2.75, 3.05) is 0 Å². The van der Waals surface area contributed by atoms with Crippen molar-refractivity contribution >= 4 is 39.9 Å². The van der Waals surface area contributed by atoms with Gasteiger partial charge >= 0.3 is 5.97 Å². The van der Waals surface area contributed by atoms with Crippen molar-refractivity contribution in [1.29, 1.82) is 0 Å². The summed E-state index contributed by atoms with van der Waals surface area (Å²) >= 11 is 1.29. The number of para-hydroxylation sites is 1. The third kappa shape index (κ3) is 4.40. The number of esters is 1. The van der Waals surface area contributed by atoms with Crippen molar-refractivity contribution < 1.29 is 19.1 Å². The molecule has 0 saturated carbocycles. The lowest BCUT2D eigenvalue weighted by Crippen LogP contribution is -2.46. The van der Waals surface area contributed by atoms with Gasteiger partial charge < -0.3 is 15.0 Å².